The second-order valence-corrected chi connectivity index (χ2v) is 5.90. The molecule has 1 aromatic carbocycles. The zero-order valence-electron chi connectivity index (χ0n) is 12.4. The molecule has 2 aliphatic rings. The molecule has 2 aliphatic heterocycles. The maximum atomic E-state index is 11.6. The summed E-state index contributed by atoms with van der Waals surface area (Å²) in [7, 11) is 0. The third-order valence-electron chi connectivity index (χ3n) is 4.42. The number of carboxylic acid groups (broad SMARTS) is 1. The van der Waals surface area contributed by atoms with Gasteiger partial charge in [0, 0.05) is 12.6 Å². The normalized spacial score (nSPS) is 31.3. The van der Waals surface area contributed by atoms with Crippen molar-refractivity contribution < 1.29 is 14.6 Å². The summed E-state index contributed by atoms with van der Waals surface area (Å²) in [5, 5.41) is 16.0. The molecule has 0 aliphatic carbocycles. The molecule has 1 saturated heterocycles. The Morgan fingerprint density at radius 1 is 1.18 bits per heavy atom. The summed E-state index contributed by atoms with van der Waals surface area (Å²) in [4.78, 5) is 11.6. The number of carboxylic acids is 1. The second-order valence-electron chi connectivity index (χ2n) is 5.90. The molecule has 0 aromatic heterocycles. The Bertz CT molecular complexity index is 532. The van der Waals surface area contributed by atoms with Gasteiger partial charge in [0.25, 0.3) is 0 Å². The van der Waals surface area contributed by atoms with Crippen LogP contribution in [0.1, 0.15) is 19.3 Å². The monoisotopic (exact) mass is 302 g/mol. The Hall–Kier alpha value is -2.01. The molecule has 22 heavy (non-hydrogen) atoms. The van der Waals surface area contributed by atoms with Crippen molar-refractivity contribution in [3.63, 3.8) is 0 Å². The molecular formula is C17H22N2O3. The van der Waals surface area contributed by atoms with E-state index in [0.29, 0.717) is 5.92 Å². The average Bonchev–Trinajstić information content (AvgIpc) is 2.57. The van der Waals surface area contributed by atoms with E-state index in [2.05, 4.69) is 16.7 Å². The van der Waals surface area contributed by atoms with Crippen LogP contribution in [0.15, 0.2) is 42.6 Å². The molecule has 1 aromatic rings. The molecule has 0 spiro atoms. The van der Waals surface area contributed by atoms with E-state index < -0.39 is 12.0 Å². The summed E-state index contributed by atoms with van der Waals surface area (Å²) in [5.74, 6) is 0.269. The predicted molar refractivity (Wildman–Crippen MR) is 83.7 cm³/mol. The summed E-state index contributed by atoms with van der Waals surface area (Å²) >= 11 is 0. The van der Waals surface area contributed by atoms with Crippen molar-refractivity contribution in [2.45, 2.75) is 37.5 Å². The van der Waals surface area contributed by atoms with Crippen molar-refractivity contribution in [2.75, 3.05) is 6.54 Å². The van der Waals surface area contributed by atoms with Crippen LogP contribution in [-0.2, 0) is 4.79 Å². The number of nitrogens with one attached hydrogen (secondary N) is 2. The van der Waals surface area contributed by atoms with Crippen LogP contribution >= 0.6 is 0 Å². The molecule has 4 atom stereocenters. The summed E-state index contributed by atoms with van der Waals surface area (Å²) < 4.78 is 5.89. The summed E-state index contributed by atoms with van der Waals surface area (Å²) in [6.07, 6.45) is 6.49. The van der Waals surface area contributed by atoms with Gasteiger partial charge in [-0.1, -0.05) is 24.3 Å². The molecule has 2 heterocycles. The highest BCUT2D eigenvalue weighted by Gasteiger charge is 2.38. The zero-order valence-corrected chi connectivity index (χ0v) is 12.4. The van der Waals surface area contributed by atoms with Gasteiger partial charge in [0.05, 0.1) is 0 Å². The first kappa shape index (κ1) is 14.9. The van der Waals surface area contributed by atoms with Crippen LogP contribution in [0.3, 0.4) is 0 Å². The van der Waals surface area contributed by atoms with Crippen molar-refractivity contribution in [2.24, 2.45) is 5.92 Å². The lowest BCUT2D eigenvalue weighted by atomic mass is 9.85. The van der Waals surface area contributed by atoms with E-state index in [-0.39, 0.29) is 12.1 Å². The maximum Gasteiger partial charge on any atom is 0.324 e. The maximum absolute atomic E-state index is 11.6. The molecule has 5 nitrogen and oxygen atoms in total. The minimum absolute atomic E-state index is 0.204. The number of rotatable bonds is 4. The van der Waals surface area contributed by atoms with Gasteiger partial charge in [0.15, 0.2) is 0 Å². The number of para-hydroxylation sites is 1. The topological polar surface area (TPSA) is 70.6 Å². The number of aliphatic carboxylic acids is 1. The smallest absolute Gasteiger partial charge is 0.324 e. The first-order valence-corrected chi connectivity index (χ1v) is 7.84. The van der Waals surface area contributed by atoms with Gasteiger partial charge in [-0.05, 0) is 43.5 Å². The highest BCUT2D eigenvalue weighted by Crippen LogP contribution is 2.26. The van der Waals surface area contributed by atoms with Crippen molar-refractivity contribution >= 4 is 5.97 Å². The van der Waals surface area contributed by atoms with Gasteiger partial charge in [-0.2, -0.15) is 0 Å². The van der Waals surface area contributed by atoms with E-state index in [1.807, 2.05) is 36.5 Å². The molecule has 3 rings (SSSR count). The Morgan fingerprint density at radius 2 is 2.00 bits per heavy atom. The van der Waals surface area contributed by atoms with E-state index in [4.69, 9.17) is 4.74 Å². The number of hydrogen-bond acceptors (Lipinski definition) is 4. The highest BCUT2D eigenvalue weighted by atomic mass is 16.5. The SMILES string of the molecule is O=C(O)C1NC(C2C=CNCC2)CCC1Oc1ccccc1. The van der Waals surface area contributed by atoms with Crippen LogP contribution in [0, 0.1) is 5.92 Å². The molecule has 1 fully saturated rings. The van der Waals surface area contributed by atoms with E-state index in [0.717, 1.165) is 31.6 Å². The Balaban J connectivity index is 1.67. The second kappa shape index (κ2) is 6.83. The summed E-state index contributed by atoms with van der Waals surface area (Å²) in [5.41, 5.74) is 0. The van der Waals surface area contributed by atoms with Crippen LogP contribution in [0.2, 0.25) is 0 Å². The van der Waals surface area contributed by atoms with E-state index in [1.165, 1.54) is 0 Å². The quantitative estimate of drug-likeness (QED) is 0.790. The van der Waals surface area contributed by atoms with Crippen LogP contribution in [0.5, 0.6) is 5.75 Å². The Morgan fingerprint density at radius 3 is 2.68 bits per heavy atom. The first-order chi connectivity index (χ1) is 10.7. The lowest BCUT2D eigenvalue weighted by Crippen LogP contribution is -2.58. The molecule has 0 saturated carbocycles. The molecule has 3 N–H and O–H groups in total. The predicted octanol–water partition coefficient (Wildman–Crippen LogP) is 1.76. The number of benzene rings is 1. The minimum atomic E-state index is -0.844. The van der Waals surface area contributed by atoms with E-state index >= 15 is 0 Å². The number of carbonyl (C=O) groups is 1. The summed E-state index contributed by atoms with van der Waals surface area (Å²) in [6.45, 7) is 0.945. The van der Waals surface area contributed by atoms with Gasteiger partial charge in [0.2, 0.25) is 0 Å². The van der Waals surface area contributed by atoms with Gasteiger partial charge in [-0.25, -0.2) is 0 Å². The third-order valence-corrected chi connectivity index (χ3v) is 4.42. The van der Waals surface area contributed by atoms with Crippen LogP contribution in [-0.4, -0.2) is 35.8 Å². The lowest BCUT2D eigenvalue weighted by Gasteiger charge is -2.38. The molecule has 4 unspecified atom stereocenters. The largest absolute Gasteiger partial charge is 0.488 e. The van der Waals surface area contributed by atoms with E-state index in [9.17, 15) is 9.90 Å². The molecule has 5 heteroatoms. The Kier molecular flexibility index (Phi) is 4.63. The fourth-order valence-corrected chi connectivity index (χ4v) is 3.26. The molecular weight excluding hydrogens is 280 g/mol. The highest BCUT2D eigenvalue weighted by molar-refractivity contribution is 5.74. The van der Waals surface area contributed by atoms with Gasteiger partial charge in [0.1, 0.15) is 17.9 Å². The van der Waals surface area contributed by atoms with Crippen LogP contribution in [0.4, 0.5) is 0 Å². The molecule has 0 amide bonds. The average molecular weight is 302 g/mol. The fraction of sp³-hybridized carbons (Fsp3) is 0.471. The fourth-order valence-electron chi connectivity index (χ4n) is 3.26. The van der Waals surface area contributed by atoms with Gasteiger partial charge < -0.3 is 15.2 Å². The molecule has 118 valence electrons. The number of ether oxygens (including phenoxy) is 1. The van der Waals surface area contributed by atoms with Crippen LogP contribution < -0.4 is 15.4 Å². The van der Waals surface area contributed by atoms with Gasteiger partial charge in [-0.15, -0.1) is 0 Å². The van der Waals surface area contributed by atoms with Crippen molar-refractivity contribution in [3.05, 3.63) is 42.6 Å². The Labute approximate surface area is 130 Å². The number of hydrogen-bond donors (Lipinski definition) is 3. The summed E-state index contributed by atoms with van der Waals surface area (Å²) in [6, 6.07) is 8.96. The molecule has 0 bridgehead atoms. The third kappa shape index (κ3) is 3.42. The van der Waals surface area contributed by atoms with E-state index in [1.54, 1.807) is 0 Å². The minimum Gasteiger partial charge on any atom is -0.488 e. The van der Waals surface area contributed by atoms with Gasteiger partial charge >= 0.3 is 5.97 Å². The molecule has 0 radical (unpaired) electrons. The van der Waals surface area contributed by atoms with Crippen molar-refractivity contribution in [1.82, 2.24) is 10.6 Å². The number of piperidine rings is 1. The zero-order chi connectivity index (χ0) is 15.4. The van der Waals surface area contributed by atoms with Crippen molar-refractivity contribution in [3.8, 4) is 5.75 Å². The standard InChI is InChI=1S/C17H22N2O3/c20-17(21)16-15(22-13-4-2-1-3-5-13)7-6-14(19-16)12-8-10-18-11-9-12/h1-5,8,10,12,14-16,18-19H,6-7,9,11H2,(H,20,21). The van der Waals surface area contributed by atoms with Crippen LogP contribution in [0.25, 0.3) is 0 Å². The van der Waals surface area contributed by atoms with Crippen molar-refractivity contribution in [1.29, 1.82) is 0 Å². The first-order valence-electron chi connectivity index (χ1n) is 7.84. The van der Waals surface area contributed by atoms with Gasteiger partial charge in [-0.3, -0.25) is 10.1 Å². The lowest BCUT2D eigenvalue weighted by molar-refractivity contribution is -0.143.